The van der Waals surface area contributed by atoms with E-state index in [1.54, 1.807) is 0 Å². The highest BCUT2D eigenvalue weighted by atomic mass is 32.3. The molecule has 1 fully saturated rings. The van der Waals surface area contributed by atoms with Crippen LogP contribution in [-0.2, 0) is 38.3 Å². The molecule has 13 heteroatoms. The van der Waals surface area contributed by atoms with Gasteiger partial charge in [-0.1, -0.05) is 186 Å². The van der Waals surface area contributed by atoms with E-state index in [0.717, 1.165) is 44.9 Å². The number of hydrogen-bond donors (Lipinski definition) is 4. The lowest BCUT2D eigenvalue weighted by molar-refractivity contribution is -0.301. The molecule has 1 rings (SSSR count). The third-order valence-corrected chi connectivity index (χ3v) is 11.8. The van der Waals surface area contributed by atoms with Crippen LogP contribution in [0.25, 0.3) is 0 Å². The van der Waals surface area contributed by atoms with Crippen LogP contribution in [0.5, 0.6) is 0 Å². The highest BCUT2D eigenvalue weighted by Crippen LogP contribution is 2.26. The van der Waals surface area contributed by atoms with Crippen LogP contribution in [-0.4, -0.2) is 97.5 Å². The minimum Gasteiger partial charge on any atom is -0.457 e. The number of allylic oxidation sites excluding steroid dienone is 4. The molecule has 0 aromatic carbocycles. The molecule has 0 amide bonds. The van der Waals surface area contributed by atoms with E-state index in [1.165, 1.54) is 141 Å². The molecule has 0 aliphatic carbocycles. The Morgan fingerprint density at radius 1 is 0.623 bits per heavy atom. The summed E-state index contributed by atoms with van der Waals surface area (Å²) in [4.78, 5) is 12.8. The Balaban J connectivity index is 2.34. The molecule has 0 aromatic heterocycles. The molecule has 360 valence electrons. The summed E-state index contributed by atoms with van der Waals surface area (Å²) < 4.78 is 59.1. The van der Waals surface area contributed by atoms with E-state index in [-0.39, 0.29) is 19.6 Å². The fraction of sp³-hybridized carbons (Fsp3) is 0.896. The van der Waals surface area contributed by atoms with Crippen molar-refractivity contribution in [2.45, 2.75) is 250 Å². The van der Waals surface area contributed by atoms with Crippen molar-refractivity contribution in [3.05, 3.63) is 24.3 Å². The van der Waals surface area contributed by atoms with Gasteiger partial charge in [-0.25, -0.2) is 4.18 Å². The van der Waals surface area contributed by atoms with Crippen molar-refractivity contribution >= 4 is 16.4 Å². The van der Waals surface area contributed by atoms with Gasteiger partial charge < -0.3 is 34.3 Å². The Hall–Kier alpha value is -1.42. The van der Waals surface area contributed by atoms with Gasteiger partial charge in [0.15, 0.2) is 6.29 Å². The lowest BCUT2D eigenvalue weighted by atomic mass is 9.99. The largest absolute Gasteiger partial charge is 0.457 e. The van der Waals surface area contributed by atoms with E-state index in [1.807, 2.05) is 0 Å². The minimum absolute atomic E-state index is 0.0378. The SMILES string of the molecule is CCCCCCC/C=C\C/C=C\CCCCCCCCCCCCOCC(COC1OC(CO)C(O)C(OS(=O)(=O)O)C1O)OC(=O)CCCCCCCCCCCCCC. The zero-order chi connectivity index (χ0) is 44.7. The van der Waals surface area contributed by atoms with Crippen molar-refractivity contribution in [3.63, 3.8) is 0 Å². The van der Waals surface area contributed by atoms with Gasteiger partial charge in [-0.3, -0.25) is 9.35 Å². The van der Waals surface area contributed by atoms with E-state index in [2.05, 4.69) is 42.3 Å². The smallest absolute Gasteiger partial charge is 0.397 e. The first-order valence-electron chi connectivity index (χ1n) is 24.6. The normalized spacial score (nSPS) is 20.3. The van der Waals surface area contributed by atoms with Crippen molar-refractivity contribution in [2.24, 2.45) is 0 Å². The molecule has 6 atom stereocenters. The van der Waals surface area contributed by atoms with E-state index >= 15 is 0 Å². The van der Waals surface area contributed by atoms with Crippen LogP contribution in [0.15, 0.2) is 24.3 Å². The predicted octanol–water partition coefficient (Wildman–Crippen LogP) is 10.8. The van der Waals surface area contributed by atoms with E-state index in [4.69, 9.17) is 23.5 Å². The number of unbranched alkanes of at least 4 members (excludes halogenated alkanes) is 26. The Morgan fingerprint density at radius 3 is 1.56 bits per heavy atom. The summed E-state index contributed by atoms with van der Waals surface area (Å²) >= 11 is 0. The predicted molar refractivity (Wildman–Crippen MR) is 244 cm³/mol. The molecular weight excluding hydrogens is 801 g/mol. The van der Waals surface area contributed by atoms with Crippen LogP contribution in [0.2, 0.25) is 0 Å². The first-order valence-corrected chi connectivity index (χ1v) is 26.0. The standard InChI is InChI=1S/C48H90O12S/c1-3-5-7-9-11-13-15-17-18-19-20-21-22-23-24-25-26-28-30-32-34-36-38-56-40-42(58-44(50)37-35-33-31-29-27-16-14-12-10-8-6-4-2)41-57-48-46(52)47(60-61(53,54)55)45(51)43(39-49)59-48/h15,17,19-20,42-43,45-49,51-52H,3-14,16,18,21-41H2,1-2H3,(H,53,54,55)/b17-15-,20-19-. The van der Waals surface area contributed by atoms with Crippen LogP contribution in [0, 0.1) is 0 Å². The maximum atomic E-state index is 12.8. The second kappa shape index (κ2) is 40.1. The Kier molecular flexibility index (Phi) is 37.9. The highest BCUT2D eigenvalue weighted by Gasteiger charge is 2.48. The number of esters is 1. The zero-order valence-corrected chi connectivity index (χ0v) is 39.3. The van der Waals surface area contributed by atoms with Crippen molar-refractivity contribution < 1.29 is 56.2 Å². The number of aliphatic hydroxyl groups excluding tert-OH is 3. The monoisotopic (exact) mass is 891 g/mol. The summed E-state index contributed by atoms with van der Waals surface area (Å²) in [6.07, 6.45) is 36.4. The number of ether oxygens (including phenoxy) is 4. The minimum atomic E-state index is -5.06. The van der Waals surface area contributed by atoms with Crippen LogP contribution >= 0.6 is 0 Å². The fourth-order valence-electron chi connectivity index (χ4n) is 7.59. The molecule has 0 saturated carbocycles. The lowest BCUT2D eigenvalue weighted by Crippen LogP contribution is -2.60. The topological polar surface area (TPSA) is 178 Å². The van der Waals surface area contributed by atoms with Gasteiger partial charge >= 0.3 is 16.4 Å². The van der Waals surface area contributed by atoms with Crippen molar-refractivity contribution in [1.82, 2.24) is 0 Å². The fourth-order valence-corrected chi connectivity index (χ4v) is 8.09. The van der Waals surface area contributed by atoms with Crippen LogP contribution in [0.4, 0.5) is 0 Å². The molecule has 12 nitrogen and oxygen atoms in total. The summed E-state index contributed by atoms with van der Waals surface area (Å²) in [6, 6.07) is 0. The van der Waals surface area contributed by atoms with Crippen molar-refractivity contribution in [1.29, 1.82) is 0 Å². The number of carbonyl (C=O) groups is 1. The van der Waals surface area contributed by atoms with Gasteiger partial charge in [-0.15, -0.1) is 0 Å². The maximum absolute atomic E-state index is 12.8. The molecule has 4 N–H and O–H groups in total. The van der Waals surface area contributed by atoms with Gasteiger partial charge in [0.05, 0.1) is 19.8 Å². The number of rotatable bonds is 43. The number of aliphatic hydroxyl groups is 3. The summed E-state index contributed by atoms with van der Waals surface area (Å²) in [5.74, 6) is -0.399. The van der Waals surface area contributed by atoms with Crippen LogP contribution < -0.4 is 0 Å². The van der Waals surface area contributed by atoms with Crippen molar-refractivity contribution in [3.8, 4) is 0 Å². The number of carbonyl (C=O) groups excluding carboxylic acids is 1. The van der Waals surface area contributed by atoms with Gasteiger partial charge in [0.25, 0.3) is 0 Å². The first kappa shape index (κ1) is 57.6. The van der Waals surface area contributed by atoms with Gasteiger partial charge in [-0.2, -0.15) is 8.42 Å². The molecule has 1 saturated heterocycles. The zero-order valence-electron chi connectivity index (χ0n) is 38.5. The first-order chi connectivity index (χ1) is 29.6. The molecule has 0 radical (unpaired) electrons. The van der Waals surface area contributed by atoms with Crippen LogP contribution in [0.3, 0.4) is 0 Å². The molecule has 1 aliphatic rings. The molecule has 61 heavy (non-hydrogen) atoms. The molecular formula is C48H90O12S. The van der Waals surface area contributed by atoms with E-state index in [9.17, 15) is 28.5 Å². The Bertz CT molecular complexity index is 1170. The van der Waals surface area contributed by atoms with Gasteiger partial charge in [0.1, 0.15) is 30.5 Å². The molecule has 1 aliphatic heterocycles. The third kappa shape index (κ3) is 33.7. The summed E-state index contributed by atoms with van der Waals surface area (Å²) in [5.41, 5.74) is 0. The summed E-state index contributed by atoms with van der Waals surface area (Å²) in [5, 5.41) is 30.7. The summed E-state index contributed by atoms with van der Waals surface area (Å²) in [6.45, 7) is 3.99. The second-order valence-corrected chi connectivity index (χ2v) is 18.1. The molecule has 6 unspecified atom stereocenters. The molecule has 1 heterocycles. The van der Waals surface area contributed by atoms with Crippen LogP contribution in [0.1, 0.15) is 213 Å². The Labute approximate surface area is 371 Å². The average molecular weight is 891 g/mol. The third-order valence-electron chi connectivity index (χ3n) is 11.3. The van der Waals surface area contributed by atoms with Crippen molar-refractivity contribution in [2.75, 3.05) is 26.4 Å². The molecule has 0 bridgehead atoms. The molecule has 0 spiro atoms. The lowest BCUT2D eigenvalue weighted by Gasteiger charge is -2.41. The Morgan fingerprint density at radius 2 is 1.08 bits per heavy atom. The quantitative estimate of drug-likeness (QED) is 0.0197. The van der Waals surface area contributed by atoms with Gasteiger partial charge in [0.2, 0.25) is 0 Å². The van der Waals surface area contributed by atoms with Gasteiger partial charge in [-0.05, 0) is 44.9 Å². The number of hydrogen-bond acceptors (Lipinski definition) is 11. The summed E-state index contributed by atoms with van der Waals surface area (Å²) in [7, 11) is -5.06. The maximum Gasteiger partial charge on any atom is 0.397 e. The second-order valence-electron chi connectivity index (χ2n) is 17.1. The average Bonchev–Trinajstić information content (AvgIpc) is 3.23. The van der Waals surface area contributed by atoms with E-state index in [0.29, 0.717) is 13.0 Å². The highest BCUT2D eigenvalue weighted by molar-refractivity contribution is 7.80. The molecule has 0 aromatic rings. The van der Waals surface area contributed by atoms with Gasteiger partial charge in [0, 0.05) is 13.0 Å². The van der Waals surface area contributed by atoms with E-state index < -0.39 is 59.8 Å².